The fourth-order valence-corrected chi connectivity index (χ4v) is 3.07. The lowest BCUT2D eigenvalue weighted by Crippen LogP contribution is -2.28. The Morgan fingerprint density at radius 3 is 2.64 bits per heavy atom. The lowest BCUT2D eigenvalue weighted by molar-refractivity contribution is -0.121. The van der Waals surface area contributed by atoms with Crippen LogP contribution in [0, 0.1) is 19.7 Å². The number of ketones is 1. The number of nitrogens with one attached hydrogen (secondary N) is 1. The van der Waals surface area contributed by atoms with Crippen LogP contribution in [-0.4, -0.2) is 28.0 Å². The number of nitrogens with zero attached hydrogens (tertiary/aromatic N) is 2. The van der Waals surface area contributed by atoms with Gasteiger partial charge in [0.25, 0.3) is 0 Å². The van der Waals surface area contributed by atoms with Crippen molar-refractivity contribution >= 4 is 11.7 Å². The molecule has 0 saturated carbocycles. The number of rotatable bonds is 7. The van der Waals surface area contributed by atoms with Crippen LogP contribution < -0.4 is 5.32 Å². The summed E-state index contributed by atoms with van der Waals surface area (Å²) in [6, 6.07) is 6.20. The first-order chi connectivity index (χ1) is 11.8. The Morgan fingerprint density at radius 2 is 2.04 bits per heavy atom. The monoisotopic (exact) mass is 345 g/mol. The zero-order valence-corrected chi connectivity index (χ0v) is 15.1. The lowest BCUT2D eigenvalue weighted by atomic mass is 10.1. The van der Waals surface area contributed by atoms with Crippen LogP contribution in [0.25, 0.3) is 0 Å². The summed E-state index contributed by atoms with van der Waals surface area (Å²) in [6.07, 6.45) is 0.842. The number of Topliss-reactive ketones (excluding diaryl/α,β-unsaturated/α-hetero) is 1. The summed E-state index contributed by atoms with van der Waals surface area (Å²) in [6.45, 7) is 7.51. The van der Waals surface area contributed by atoms with E-state index in [4.69, 9.17) is 0 Å². The van der Waals surface area contributed by atoms with E-state index in [-0.39, 0.29) is 30.0 Å². The van der Waals surface area contributed by atoms with Gasteiger partial charge in [0, 0.05) is 18.7 Å². The van der Waals surface area contributed by atoms with Gasteiger partial charge in [-0.3, -0.25) is 14.3 Å². The van der Waals surface area contributed by atoms with Gasteiger partial charge < -0.3 is 5.32 Å². The second-order valence-corrected chi connectivity index (χ2v) is 6.33. The molecule has 0 fully saturated rings. The van der Waals surface area contributed by atoms with Crippen molar-refractivity contribution < 1.29 is 14.0 Å². The minimum absolute atomic E-state index is 0.0204. The minimum atomic E-state index is -0.275. The maximum atomic E-state index is 13.1. The van der Waals surface area contributed by atoms with Crippen molar-refractivity contribution in [1.29, 1.82) is 0 Å². The van der Waals surface area contributed by atoms with Gasteiger partial charge in [-0.2, -0.15) is 5.10 Å². The van der Waals surface area contributed by atoms with E-state index in [9.17, 15) is 14.0 Å². The van der Waals surface area contributed by atoms with Crippen LogP contribution in [0.5, 0.6) is 0 Å². The molecule has 1 N–H and O–H groups in total. The van der Waals surface area contributed by atoms with E-state index < -0.39 is 0 Å². The fourth-order valence-electron chi connectivity index (χ4n) is 3.07. The Labute approximate surface area is 147 Å². The number of carbonyl (C=O) groups excluding carboxylic acids is 2. The van der Waals surface area contributed by atoms with Gasteiger partial charge in [-0.15, -0.1) is 0 Å². The number of halogens is 1. The normalized spacial score (nSPS) is 12.0. The molecule has 0 aliphatic heterocycles. The Kier molecular flexibility index (Phi) is 6.07. The Bertz CT molecular complexity index is 783. The summed E-state index contributed by atoms with van der Waals surface area (Å²) in [7, 11) is 0. The van der Waals surface area contributed by atoms with Gasteiger partial charge in [-0.05, 0) is 51.8 Å². The van der Waals surface area contributed by atoms with Crippen molar-refractivity contribution in [2.45, 2.75) is 46.6 Å². The third kappa shape index (κ3) is 4.75. The summed E-state index contributed by atoms with van der Waals surface area (Å²) in [5, 5.41) is 7.24. The summed E-state index contributed by atoms with van der Waals surface area (Å²) < 4.78 is 14.9. The van der Waals surface area contributed by atoms with Crippen molar-refractivity contribution in [3.8, 4) is 0 Å². The van der Waals surface area contributed by atoms with Gasteiger partial charge in [-0.1, -0.05) is 12.1 Å². The molecule has 1 unspecified atom stereocenters. The highest BCUT2D eigenvalue weighted by molar-refractivity contribution is 5.96. The zero-order valence-electron chi connectivity index (χ0n) is 15.1. The zero-order chi connectivity index (χ0) is 18.6. The molecule has 1 heterocycles. The predicted molar refractivity (Wildman–Crippen MR) is 94.1 cm³/mol. The summed E-state index contributed by atoms with van der Waals surface area (Å²) in [5.41, 5.74) is 2.93. The number of carbonyl (C=O) groups is 2. The van der Waals surface area contributed by atoms with Crippen LogP contribution in [0.1, 0.15) is 53.6 Å². The molecule has 0 aliphatic rings. The molecule has 0 spiro atoms. The molecule has 2 aromatic rings. The summed E-state index contributed by atoms with van der Waals surface area (Å²) >= 11 is 0. The molecule has 1 aromatic carbocycles. The van der Waals surface area contributed by atoms with Crippen LogP contribution in [0.2, 0.25) is 0 Å². The molecule has 1 amide bonds. The van der Waals surface area contributed by atoms with Crippen molar-refractivity contribution in [1.82, 2.24) is 15.1 Å². The van der Waals surface area contributed by atoms with E-state index in [0.717, 1.165) is 11.3 Å². The molecule has 1 aromatic heterocycles. The van der Waals surface area contributed by atoms with E-state index >= 15 is 0 Å². The number of aryl methyl sites for hydroxylation is 1. The standard InChI is InChI=1S/C19H24FN3O2/c1-12(23-14(3)19(15(4)24)13(2)22-23)10-18(25)21-9-8-16-6-5-7-17(20)11-16/h5-7,11-12H,8-10H2,1-4H3,(H,21,25). The second kappa shape index (κ2) is 8.05. The van der Waals surface area contributed by atoms with Gasteiger partial charge in [-0.25, -0.2) is 4.39 Å². The quantitative estimate of drug-likeness (QED) is 0.784. The van der Waals surface area contributed by atoms with Crippen LogP contribution in [0.15, 0.2) is 24.3 Å². The third-order valence-corrected chi connectivity index (χ3v) is 4.20. The average molecular weight is 345 g/mol. The van der Waals surface area contributed by atoms with E-state index in [1.54, 1.807) is 17.7 Å². The first kappa shape index (κ1) is 18.8. The van der Waals surface area contributed by atoms with Gasteiger partial charge in [0.1, 0.15) is 5.82 Å². The van der Waals surface area contributed by atoms with Crippen molar-refractivity contribution in [3.05, 3.63) is 52.6 Å². The molecule has 1 atom stereocenters. The Hall–Kier alpha value is -2.50. The first-order valence-corrected chi connectivity index (χ1v) is 8.37. The van der Waals surface area contributed by atoms with Crippen LogP contribution >= 0.6 is 0 Å². The molecule has 5 nitrogen and oxygen atoms in total. The smallest absolute Gasteiger partial charge is 0.222 e. The van der Waals surface area contributed by atoms with E-state index in [1.165, 1.54) is 19.1 Å². The number of benzene rings is 1. The van der Waals surface area contributed by atoms with Crippen molar-refractivity contribution in [2.75, 3.05) is 6.54 Å². The predicted octanol–water partition coefficient (Wildman–Crippen LogP) is 3.15. The maximum Gasteiger partial charge on any atom is 0.222 e. The van der Waals surface area contributed by atoms with E-state index in [2.05, 4.69) is 10.4 Å². The number of aromatic nitrogens is 2. The van der Waals surface area contributed by atoms with Crippen LogP contribution in [0.3, 0.4) is 0 Å². The average Bonchev–Trinajstić information content (AvgIpc) is 2.82. The van der Waals surface area contributed by atoms with Gasteiger partial charge in [0.2, 0.25) is 5.91 Å². The van der Waals surface area contributed by atoms with E-state index in [0.29, 0.717) is 24.2 Å². The third-order valence-electron chi connectivity index (χ3n) is 4.20. The van der Waals surface area contributed by atoms with Crippen LogP contribution in [-0.2, 0) is 11.2 Å². The number of hydrogen-bond donors (Lipinski definition) is 1. The first-order valence-electron chi connectivity index (χ1n) is 8.37. The van der Waals surface area contributed by atoms with Crippen molar-refractivity contribution in [3.63, 3.8) is 0 Å². The lowest BCUT2D eigenvalue weighted by Gasteiger charge is -2.14. The topological polar surface area (TPSA) is 64.0 Å². The number of amides is 1. The fraction of sp³-hybridized carbons (Fsp3) is 0.421. The molecule has 0 aliphatic carbocycles. The summed E-state index contributed by atoms with van der Waals surface area (Å²) in [4.78, 5) is 23.8. The largest absolute Gasteiger partial charge is 0.356 e. The highest BCUT2D eigenvalue weighted by Crippen LogP contribution is 2.19. The van der Waals surface area contributed by atoms with Crippen LogP contribution in [0.4, 0.5) is 4.39 Å². The Morgan fingerprint density at radius 1 is 1.32 bits per heavy atom. The highest BCUT2D eigenvalue weighted by Gasteiger charge is 2.20. The maximum absolute atomic E-state index is 13.1. The van der Waals surface area contributed by atoms with Crippen molar-refractivity contribution in [2.24, 2.45) is 0 Å². The second-order valence-electron chi connectivity index (χ2n) is 6.33. The molecular formula is C19H24FN3O2. The Balaban J connectivity index is 1.90. The van der Waals surface area contributed by atoms with Gasteiger partial charge in [0.05, 0.1) is 17.3 Å². The van der Waals surface area contributed by atoms with Gasteiger partial charge >= 0.3 is 0 Å². The molecular weight excluding hydrogens is 321 g/mol. The molecule has 134 valence electrons. The number of hydrogen-bond acceptors (Lipinski definition) is 3. The molecule has 0 radical (unpaired) electrons. The molecule has 0 saturated heterocycles. The molecule has 0 bridgehead atoms. The highest BCUT2D eigenvalue weighted by atomic mass is 19.1. The summed E-state index contributed by atoms with van der Waals surface area (Å²) in [5.74, 6) is -0.392. The molecule has 6 heteroatoms. The minimum Gasteiger partial charge on any atom is -0.356 e. The SMILES string of the molecule is CC(=O)c1c(C)nn(C(C)CC(=O)NCCc2cccc(F)c2)c1C. The molecule has 2 rings (SSSR count). The molecule has 25 heavy (non-hydrogen) atoms. The van der Waals surface area contributed by atoms with E-state index in [1.807, 2.05) is 19.9 Å². The van der Waals surface area contributed by atoms with Gasteiger partial charge in [0.15, 0.2) is 5.78 Å².